The van der Waals surface area contributed by atoms with Crippen LogP contribution in [-0.4, -0.2) is 23.1 Å². The first-order valence-corrected chi connectivity index (χ1v) is 6.88. The number of halogens is 1. The van der Waals surface area contributed by atoms with Crippen molar-refractivity contribution < 1.29 is 4.74 Å². The Morgan fingerprint density at radius 2 is 2.40 bits per heavy atom. The zero-order valence-electron chi connectivity index (χ0n) is 11.5. The smallest absolute Gasteiger partial charge is 0.134 e. The van der Waals surface area contributed by atoms with E-state index in [0.717, 1.165) is 23.3 Å². The Balaban J connectivity index is 1.97. The molecule has 1 aliphatic rings. The third-order valence-electron chi connectivity index (χ3n) is 3.24. The Labute approximate surface area is 124 Å². The van der Waals surface area contributed by atoms with E-state index < -0.39 is 0 Å². The Morgan fingerprint density at radius 3 is 3.00 bits per heavy atom. The summed E-state index contributed by atoms with van der Waals surface area (Å²) in [4.78, 5) is 7.93. The summed E-state index contributed by atoms with van der Waals surface area (Å²) in [5.74, 6) is 1.96. The summed E-state index contributed by atoms with van der Waals surface area (Å²) >= 11 is 5.80. The third-order valence-corrected chi connectivity index (χ3v) is 3.44. The molecule has 5 heteroatoms. The van der Waals surface area contributed by atoms with Crippen molar-refractivity contribution in [1.29, 1.82) is 0 Å². The predicted molar refractivity (Wildman–Crippen MR) is 81.6 cm³/mol. The molecule has 4 nitrogen and oxygen atoms in total. The number of nitrogens with one attached hydrogen (secondary N) is 1. The molecule has 2 rings (SSSR count). The highest BCUT2D eigenvalue weighted by molar-refractivity contribution is 6.29. The van der Waals surface area contributed by atoms with Gasteiger partial charge in [0, 0.05) is 18.5 Å². The molecule has 1 fully saturated rings. The Morgan fingerprint density at radius 1 is 1.60 bits per heavy atom. The van der Waals surface area contributed by atoms with E-state index in [1.54, 1.807) is 6.07 Å². The summed E-state index contributed by atoms with van der Waals surface area (Å²) in [5, 5.41) is 3.62. The molecule has 20 heavy (non-hydrogen) atoms. The van der Waals surface area contributed by atoms with Gasteiger partial charge < -0.3 is 10.1 Å². The molecule has 2 heterocycles. The molecule has 0 radical (unpaired) electrons. The minimum atomic E-state index is 0.369. The van der Waals surface area contributed by atoms with Crippen molar-refractivity contribution in [3.8, 4) is 0 Å². The molecular weight excluding hydrogens is 274 g/mol. The lowest BCUT2D eigenvalue weighted by Gasteiger charge is -2.09. The van der Waals surface area contributed by atoms with Crippen molar-refractivity contribution in [3.63, 3.8) is 0 Å². The maximum atomic E-state index is 5.80. The van der Waals surface area contributed by atoms with Crippen LogP contribution in [0.15, 0.2) is 48.5 Å². The van der Waals surface area contributed by atoms with Crippen LogP contribution >= 0.6 is 11.6 Å². The number of hydrogen-bond acceptors (Lipinski definition) is 4. The fourth-order valence-corrected chi connectivity index (χ4v) is 2.14. The van der Waals surface area contributed by atoms with Crippen LogP contribution in [0.4, 0.5) is 5.82 Å². The highest BCUT2D eigenvalue weighted by atomic mass is 35.5. The quantitative estimate of drug-likeness (QED) is 0.842. The number of anilines is 1. The standard InChI is InChI=1S/C15H18ClN3O/c1-4-12(15-11(3)10(2)8-20-15)5-6-17-14-7-13(16)18-9-19-14/h4,7,9-10H,1,3,5-6,8H2,2H3,(H,17,18,19)/b15-12-. The highest BCUT2D eigenvalue weighted by Gasteiger charge is 2.23. The first-order valence-electron chi connectivity index (χ1n) is 6.50. The van der Waals surface area contributed by atoms with Crippen LogP contribution in [0, 0.1) is 5.92 Å². The fraction of sp³-hybridized carbons (Fsp3) is 0.333. The third kappa shape index (κ3) is 3.39. The predicted octanol–water partition coefficient (Wildman–Crippen LogP) is 3.59. The summed E-state index contributed by atoms with van der Waals surface area (Å²) in [6.07, 6.45) is 4.04. The summed E-state index contributed by atoms with van der Waals surface area (Å²) in [7, 11) is 0. The summed E-state index contributed by atoms with van der Waals surface area (Å²) < 4.78 is 5.69. The summed E-state index contributed by atoms with van der Waals surface area (Å²) in [5.41, 5.74) is 2.11. The zero-order chi connectivity index (χ0) is 14.5. The van der Waals surface area contributed by atoms with Gasteiger partial charge in [-0.05, 0) is 17.6 Å². The molecule has 1 saturated heterocycles. The molecule has 0 bridgehead atoms. The molecule has 0 amide bonds. The minimum absolute atomic E-state index is 0.369. The lowest BCUT2D eigenvalue weighted by Crippen LogP contribution is -2.05. The molecule has 1 aromatic rings. The molecule has 1 unspecified atom stereocenters. The second-order valence-corrected chi connectivity index (χ2v) is 5.09. The van der Waals surface area contributed by atoms with Crippen molar-refractivity contribution in [3.05, 3.63) is 53.7 Å². The van der Waals surface area contributed by atoms with Crippen LogP contribution in [0.25, 0.3) is 0 Å². The van der Waals surface area contributed by atoms with Gasteiger partial charge in [-0.3, -0.25) is 0 Å². The van der Waals surface area contributed by atoms with E-state index in [1.807, 2.05) is 6.08 Å². The number of allylic oxidation sites excluding steroid dienone is 2. The molecule has 0 aromatic carbocycles. The average molecular weight is 292 g/mol. The SMILES string of the molecule is C=C/C(CCNc1cc(Cl)ncn1)=C1/OCC(C)C1=C. The normalized spacial score (nSPS) is 20.5. The van der Waals surface area contributed by atoms with E-state index in [9.17, 15) is 0 Å². The van der Waals surface area contributed by atoms with Crippen molar-refractivity contribution in [1.82, 2.24) is 9.97 Å². The first kappa shape index (κ1) is 14.6. The number of aromatic nitrogens is 2. The molecule has 1 N–H and O–H groups in total. The Kier molecular flexibility index (Phi) is 4.79. The van der Waals surface area contributed by atoms with Crippen LogP contribution in [-0.2, 0) is 4.74 Å². The van der Waals surface area contributed by atoms with Crippen LogP contribution in [0.1, 0.15) is 13.3 Å². The number of rotatable bonds is 5. The fourth-order valence-electron chi connectivity index (χ4n) is 1.99. The molecule has 106 valence electrons. The summed E-state index contributed by atoms with van der Waals surface area (Å²) in [6, 6.07) is 1.69. The van der Waals surface area contributed by atoms with Crippen molar-refractivity contribution in [2.45, 2.75) is 13.3 Å². The molecule has 1 atom stereocenters. The average Bonchev–Trinajstić information content (AvgIpc) is 2.76. The van der Waals surface area contributed by atoms with Gasteiger partial charge in [0.05, 0.1) is 6.61 Å². The molecule has 0 spiro atoms. The Hall–Kier alpha value is -1.81. The van der Waals surface area contributed by atoms with Crippen molar-refractivity contribution in [2.75, 3.05) is 18.5 Å². The van der Waals surface area contributed by atoms with E-state index in [1.165, 1.54) is 6.33 Å². The molecule has 1 aromatic heterocycles. The van der Waals surface area contributed by atoms with E-state index in [-0.39, 0.29) is 0 Å². The molecule has 0 saturated carbocycles. The van der Waals surface area contributed by atoms with Gasteiger partial charge in [-0.15, -0.1) is 0 Å². The van der Waals surface area contributed by atoms with Gasteiger partial charge in [0.25, 0.3) is 0 Å². The lowest BCUT2D eigenvalue weighted by molar-refractivity contribution is 0.243. The maximum absolute atomic E-state index is 5.80. The van der Waals surface area contributed by atoms with Crippen molar-refractivity contribution in [2.24, 2.45) is 5.92 Å². The van der Waals surface area contributed by atoms with Gasteiger partial charge >= 0.3 is 0 Å². The Bertz CT molecular complexity index is 554. The van der Waals surface area contributed by atoms with Gasteiger partial charge in [0.1, 0.15) is 23.1 Å². The highest BCUT2D eigenvalue weighted by Crippen LogP contribution is 2.31. The van der Waals surface area contributed by atoms with Gasteiger partial charge in [-0.25, -0.2) is 9.97 Å². The van der Waals surface area contributed by atoms with Gasteiger partial charge in [-0.2, -0.15) is 0 Å². The second kappa shape index (κ2) is 6.57. The first-order chi connectivity index (χ1) is 9.61. The van der Waals surface area contributed by atoms with Gasteiger partial charge in [0.15, 0.2) is 0 Å². The summed E-state index contributed by atoms with van der Waals surface area (Å²) in [6.45, 7) is 11.4. The zero-order valence-corrected chi connectivity index (χ0v) is 12.3. The van der Waals surface area contributed by atoms with Crippen LogP contribution < -0.4 is 5.32 Å². The van der Waals surface area contributed by atoms with E-state index in [4.69, 9.17) is 16.3 Å². The van der Waals surface area contributed by atoms with Crippen LogP contribution in [0.3, 0.4) is 0 Å². The maximum Gasteiger partial charge on any atom is 0.134 e. The van der Waals surface area contributed by atoms with Gasteiger partial charge in [0.2, 0.25) is 0 Å². The topological polar surface area (TPSA) is 47.0 Å². The largest absolute Gasteiger partial charge is 0.492 e. The van der Waals surface area contributed by atoms with Crippen LogP contribution in [0.5, 0.6) is 0 Å². The van der Waals surface area contributed by atoms with Crippen LogP contribution in [0.2, 0.25) is 5.15 Å². The second-order valence-electron chi connectivity index (χ2n) is 4.70. The van der Waals surface area contributed by atoms with Crippen molar-refractivity contribution >= 4 is 17.4 Å². The minimum Gasteiger partial charge on any atom is -0.492 e. The molecule has 1 aliphatic heterocycles. The molecular formula is C15H18ClN3O. The number of hydrogen-bond donors (Lipinski definition) is 1. The molecule has 0 aliphatic carbocycles. The van der Waals surface area contributed by atoms with Gasteiger partial charge in [-0.1, -0.05) is 37.8 Å². The van der Waals surface area contributed by atoms with E-state index in [2.05, 4.69) is 35.4 Å². The lowest BCUT2D eigenvalue weighted by atomic mass is 10.0. The van der Waals surface area contributed by atoms with E-state index in [0.29, 0.717) is 30.0 Å². The monoisotopic (exact) mass is 291 g/mol. The van der Waals surface area contributed by atoms with E-state index >= 15 is 0 Å². The number of nitrogens with zero attached hydrogens (tertiary/aromatic N) is 2. The number of ether oxygens (including phenoxy) is 1.